The van der Waals surface area contributed by atoms with Crippen LogP contribution in [0, 0.1) is 0 Å². The summed E-state index contributed by atoms with van der Waals surface area (Å²) in [6.45, 7) is 0. The minimum atomic E-state index is -1.67. The quantitative estimate of drug-likeness (QED) is 0.689. The monoisotopic (exact) mass is 329 g/mol. The lowest BCUT2D eigenvalue weighted by Gasteiger charge is -2.29. The van der Waals surface area contributed by atoms with Crippen LogP contribution in [0.25, 0.3) is 0 Å². The number of hydrogen-bond donors (Lipinski definition) is 1. The zero-order valence-electron chi connectivity index (χ0n) is 7.24. The minimum absolute atomic E-state index is 0.162. The lowest BCUT2D eigenvalue weighted by Crippen LogP contribution is -2.41. The largest absolute Gasteiger partial charge is 0.283 e. The Morgan fingerprint density at radius 3 is 2.07 bits per heavy atom. The molecular weight excluding hydrogens is 327 g/mol. The maximum Gasteiger partial charge on any atom is 0.234 e. The summed E-state index contributed by atoms with van der Waals surface area (Å²) in [4.78, 5) is 0. The summed E-state index contributed by atoms with van der Waals surface area (Å²) >= 11 is 34.0. The number of hydrazine groups is 1. The van der Waals surface area contributed by atoms with Crippen LogP contribution in [0.3, 0.4) is 0 Å². The van der Waals surface area contributed by atoms with E-state index < -0.39 is 7.59 Å². The first-order valence-electron chi connectivity index (χ1n) is 3.56. The summed E-state index contributed by atoms with van der Waals surface area (Å²) in [7, 11) is 1.58. The summed E-state index contributed by atoms with van der Waals surface area (Å²) in [5.74, 6) is 0. The summed E-state index contributed by atoms with van der Waals surface area (Å²) in [6, 6.07) is 0. The van der Waals surface area contributed by atoms with E-state index in [1.165, 1.54) is 11.2 Å². The van der Waals surface area contributed by atoms with Crippen LogP contribution in [0.15, 0.2) is 16.9 Å². The van der Waals surface area contributed by atoms with E-state index >= 15 is 0 Å². The summed E-state index contributed by atoms with van der Waals surface area (Å²) < 4.78 is -3.30. The van der Waals surface area contributed by atoms with Gasteiger partial charge in [-0.15, -0.1) is 0 Å². The lowest BCUT2D eigenvalue weighted by molar-refractivity contribution is 0.272. The van der Waals surface area contributed by atoms with Gasteiger partial charge in [-0.3, -0.25) is 5.43 Å². The van der Waals surface area contributed by atoms with Crippen LogP contribution < -0.4 is 5.43 Å². The molecule has 86 valence electrons. The molecule has 1 rings (SSSR count). The first-order valence-corrected chi connectivity index (χ1v) is 5.82. The van der Waals surface area contributed by atoms with E-state index in [4.69, 9.17) is 69.6 Å². The van der Waals surface area contributed by atoms with Crippen molar-refractivity contribution in [1.29, 1.82) is 0 Å². The number of nitrogens with zero attached hydrogens (tertiary/aromatic N) is 2. The van der Waals surface area contributed by atoms with Crippen molar-refractivity contribution in [3.63, 3.8) is 0 Å². The average Bonchev–Trinajstić information content (AvgIpc) is 1.99. The number of halogens is 6. The average molecular weight is 332 g/mol. The molecule has 0 spiro atoms. The maximum absolute atomic E-state index is 5.68. The maximum atomic E-state index is 5.68. The molecule has 0 saturated heterocycles. The zero-order chi connectivity index (χ0) is 11.9. The number of allylic oxidation sites excluding steroid dienone is 2. The molecular formula is C6H5Cl6N3. The third kappa shape index (κ3) is 3.91. The second-order valence-corrected chi connectivity index (χ2v) is 7.24. The van der Waals surface area contributed by atoms with Crippen molar-refractivity contribution in [2.45, 2.75) is 7.59 Å². The Labute approximate surface area is 117 Å². The van der Waals surface area contributed by atoms with Crippen LogP contribution in [0.4, 0.5) is 0 Å². The highest BCUT2D eigenvalue weighted by atomic mass is 35.6. The molecule has 1 aliphatic rings. The third-order valence-corrected chi connectivity index (χ3v) is 2.61. The van der Waals surface area contributed by atoms with Crippen LogP contribution in [0.1, 0.15) is 0 Å². The van der Waals surface area contributed by atoms with E-state index in [0.29, 0.717) is 0 Å². The summed E-state index contributed by atoms with van der Waals surface area (Å²) in [6.07, 6.45) is 1.38. The van der Waals surface area contributed by atoms with Gasteiger partial charge in [0.25, 0.3) is 0 Å². The van der Waals surface area contributed by atoms with Crippen molar-refractivity contribution in [2.75, 3.05) is 7.05 Å². The fraction of sp³-hybridized carbons (Fsp3) is 0.500. The predicted octanol–water partition coefficient (Wildman–Crippen LogP) is 3.42. The molecule has 1 heterocycles. The van der Waals surface area contributed by atoms with Gasteiger partial charge in [-0.25, -0.2) is 5.12 Å². The van der Waals surface area contributed by atoms with Crippen molar-refractivity contribution in [2.24, 2.45) is 5.10 Å². The van der Waals surface area contributed by atoms with Gasteiger partial charge in [0.1, 0.15) is 5.71 Å². The predicted molar refractivity (Wildman–Crippen MR) is 67.0 cm³/mol. The second kappa shape index (κ2) is 4.55. The highest BCUT2D eigenvalue weighted by molar-refractivity contribution is 6.77. The van der Waals surface area contributed by atoms with Crippen LogP contribution in [0.2, 0.25) is 0 Å². The van der Waals surface area contributed by atoms with Crippen molar-refractivity contribution >= 4 is 75.3 Å². The molecule has 0 saturated carbocycles. The number of rotatable bonds is 0. The zero-order valence-corrected chi connectivity index (χ0v) is 11.8. The van der Waals surface area contributed by atoms with Crippen LogP contribution in [0.5, 0.6) is 0 Å². The SMILES string of the molecule is CN1N=C(C(Cl)(Cl)Cl)C=C(C(Cl)(Cl)Cl)N1. The van der Waals surface area contributed by atoms with E-state index in [9.17, 15) is 0 Å². The van der Waals surface area contributed by atoms with Gasteiger partial charge < -0.3 is 0 Å². The summed E-state index contributed by atoms with van der Waals surface area (Å²) in [5, 5.41) is 5.19. The summed E-state index contributed by atoms with van der Waals surface area (Å²) in [5.41, 5.74) is 3.11. The molecule has 1 N–H and O–H groups in total. The van der Waals surface area contributed by atoms with Gasteiger partial charge in [-0.2, -0.15) is 5.10 Å². The molecule has 15 heavy (non-hydrogen) atoms. The van der Waals surface area contributed by atoms with Gasteiger partial charge in [-0.05, 0) is 6.08 Å². The fourth-order valence-electron chi connectivity index (χ4n) is 0.843. The van der Waals surface area contributed by atoms with Gasteiger partial charge in [0.2, 0.25) is 7.59 Å². The van der Waals surface area contributed by atoms with Crippen LogP contribution >= 0.6 is 69.6 Å². The number of hydrogen-bond acceptors (Lipinski definition) is 3. The number of nitrogens with one attached hydrogen (secondary N) is 1. The standard InChI is InChI=1S/C6H5Cl6N3/c1-15-13-3(5(7,8)9)2-4(14-15)6(10,11)12/h2,13H,1H3. The topological polar surface area (TPSA) is 27.6 Å². The van der Waals surface area contributed by atoms with Gasteiger partial charge >= 0.3 is 0 Å². The van der Waals surface area contributed by atoms with Gasteiger partial charge in [-0.1, -0.05) is 69.6 Å². The third-order valence-electron chi connectivity index (χ3n) is 1.42. The molecule has 0 aromatic carbocycles. The first kappa shape index (κ1) is 13.8. The van der Waals surface area contributed by atoms with E-state index in [1.54, 1.807) is 7.05 Å². The van der Waals surface area contributed by atoms with E-state index in [-0.39, 0.29) is 11.4 Å². The Bertz CT molecular complexity index is 312. The number of hydrazone groups is 1. The highest BCUT2D eigenvalue weighted by Gasteiger charge is 2.35. The van der Waals surface area contributed by atoms with Crippen molar-refractivity contribution in [1.82, 2.24) is 10.5 Å². The molecule has 1 aliphatic heterocycles. The van der Waals surface area contributed by atoms with Crippen LogP contribution in [-0.2, 0) is 0 Å². The molecule has 0 unspecified atom stereocenters. The molecule has 0 aliphatic carbocycles. The van der Waals surface area contributed by atoms with Crippen LogP contribution in [-0.4, -0.2) is 25.5 Å². The van der Waals surface area contributed by atoms with E-state index in [0.717, 1.165) is 0 Å². The Morgan fingerprint density at radius 1 is 1.13 bits per heavy atom. The van der Waals surface area contributed by atoms with Crippen molar-refractivity contribution in [3.8, 4) is 0 Å². The minimum Gasteiger partial charge on any atom is -0.283 e. The first-order chi connectivity index (χ1) is 6.60. The molecule has 0 aromatic rings. The van der Waals surface area contributed by atoms with Gasteiger partial charge in [0, 0.05) is 7.05 Å². The molecule has 0 aromatic heterocycles. The molecule has 0 bridgehead atoms. The second-order valence-electron chi connectivity index (χ2n) is 2.67. The lowest BCUT2D eigenvalue weighted by atomic mass is 10.3. The Kier molecular flexibility index (Phi) is 4.19. The highest BCUT2D eigenvalue weighted by Crippen LogP contribution is 2.37. The van der Waals surface area contributed by atoms with E-state index in [1.807, 2.05) is 0 Å². The Balaban J connectivity index is 3.06. The van der Waals surface area contributed by atoms with E-state index in [2.05, 4.69) is 10.5 Å². The Morgan fingerprint density at radius 2 is 1.67 bits per heavy atom. The molecule has 0 amide bonds. The number of alkyl halides is 6. The molecule has 9 heteroatoms. The molecule has 0 radical (unpaired) electrons. The van der Waals surface area contributed by atoms with Crippen molar-refractivity contribution in [3.05, 3.63) is 11.8 Å². The smallest absolute Gasteiger partial charge is 0.234 e. The molecule has 3 nitrogen and oxygen atoms in total. The Hall–Kier alpha value is 0.750. The molecule has 0 fully saturated rings. The van der Waals surface area contributed by atoms with Crippen molar-refractivity contribution < 1.29 is 0 Å². The molecule has 0 atom stereocenters. The van der Waals surface area contributed by atoms with Gasteiger partial charge in [0.15, 0.2) is 0 Å². The fourth-order valence-corrected chi connectivity index (χ4v) is 1.41. The normalized spacial score (nSPS) is 18.2. The van der Waals surface area contributed by atoms with Gasteiger partial charge in [0.05, 0.1) is 5.70 Å².